The Morgan fingerprint density at radius 1 is 1.35 bits per heavy atom. The summed E-state index contributed by atoms with van der Waals surface area (Å²) in [4.78, 5) is 18.3. The van der Waals surface area contributed by atoms with Gasteiger partial charge in [0.1, 0.15) is 23.1 Å². The summed E-state index contributed by atoms with van der Waals surface area (Å²) in [5, 5.41) is 5.19. The Hall–Kier alpha value is -3.19. The molecule has 0 spiro atoms. The Morgan fingerprint density at radius 3 is 3.03 bits per heavy atom. The maximum Gasteiger partial charge on any atom is 0.246 e. The Kier molecular flexibility index (Phi) is 6.37. The topological polar surface area (TPSA) is 60.2 Å². The summed E-state index contributed by atoms with van der Waals surface area (Å²) >= 11 is 6.14. The fourth-order valence-electron chi connectivity index (χ4n) is 4.75. The molecule has 1 amide bonds. The molecule has 5 rings (SSSR count). The largest absolute Gasteiger partial charge is 0.460 e. The molecule has 34 heavy (non-hydrogen) atoms. The lowest BCUT2D eigenvalue weighted by Gasteiger charge is -2.32. The van der Waals surface area contributed by atoms with Gasteiger partial charge in [-0.25, -0.2) is 4.39 Å². The highest BCUT2D eigenvalue weighted by atomic mass is 35.5. The van der Waals surface area contributed by atoms with Crippen molar-refractivity contribution in [3.63, 3.8) is 0 Å². The van der Waals surface area contributed by atoms with Crippen LogP contribution in [-0.4, -0.2) is 50.2 Å². The first-order valence-electron chi connectivity index (χ1n) is 11.5. The fraction of sp³-hybridized carbons (Fsp3) is 0.346. The van der Waals surface area contributed by atoms with E-state index < -0.39 is 11.5 Å². The van der Waals surface area contributed by atoms with E-state index in [1.165, 1.54) is 12.2 Å². The monoisotopic (exact) mass is 480 g/mol. The lowest BCUT2D eigenvalue weighted by molar-refractivity contribution is -0.127. The number of nitrogens with zero attached hydrogens (tertiary/aromatic N) is 4. The van der Waals surface area contributed by atoms with Crippen LogP contribution in [-0.2, 0) is 9.53 Å². The summed E-state index contributed by atoms with van der Waals surface area (Å²) < 4.78 is 21.8. The van der Waals surface area contributed by atoms with Crippen molar-refractivity contribution < 1.29 is 13.9 Å². The van der Waals surface area contributed by atoms with Gasteiger partial charge in [-0.3, -0.25) is 14.5 Å². The van der Waals surface area contributed by atoms with E-state index in [-0.39, 0.29) is 17.9 Å². The second-order valence-electron chi connectivity index (χ2n) is 8.72. The van der Waals surface area contributed by atoms with Gasteiger partial charge in [-0.1, -0.05) is 18.7 Å². The van der Waals surface area contributed by atoms with Crippen LogP contribution in [0.15, 0.2) is 79.1 Å². The van der Waals surface area contributed by atoms with Crippen LogP contribution in [0.3, 0.4) is 0 Å². The Balaban J connectivity index is 1.37. The fourth-order valence-corrected chi connectivity index (χ4v) is 4.95. The van der Waals surface area contributed by atoms with Gasteiger partial charge in [-0.15, -0.1) is 11.6 Å². The molecule has 2 aliphatic carbocycles. The van der Waals surface area contributed by atoms with Crippen LogP contribution in [0.25, 0.3) is 10.9 Å². The molecule has 176 valence electrons. The summed E-state index contributed by atoms with van der Waals surface area (Å²) in [6.45, 7) is 4.98. The van der Waals surface area contributed by atoms with Gasteiger partial charge < -0.3 is 9.64 Å². The molecular weight excluding hydrogens is 455 g/mol. The third kappa shape index (κ3) is 4.32. The molecule has 2 aromatic heterocycles. The zero-order valence-electron chi connectivity index (χ0n) is 18.7. The summed E-state index contributed by atoms with van der Waals surface area (Å²) in [7, 11) is 0. The molecule has 1 aliphatic heterocycles. The summed E-state index contributed by atoms with van der Waals surface area (Å²) in [6, 6.07) is 2.08. The number of fused-ring (bicyclic) bond motifs is 1. The highest BCUT2D eigenvalue weighted by Gasteiger charge is 2.29. The van der Waals surface area contributed by atoms with Crippen molar-refractivity contribution in [3.05, 3.63) is 84.8 Å². The van der Waals surface area contributed by atoms with E-state index in [9.17, 15) is 9.18 Å². The average molecular weight is 481 g/mol. The van der Waals surface area contributed by atoms with Gasteiger partial charge in [-0.2, -0.15) is 5.10 Å². The van der Waals surface area contributed by atoms with Crippen LogP contribution in [0.2, 0.25) is 0 Å². The molecule has 1 saturated heterocycles. The molecule has 3 heterocycles. The number of alkyl halides is 2. The normalized spacial score (nSPS) is 26.8. The minimum atomic E-state index is -1.26. The smallest absolute Gasteiger partial charge is 0.246 e. The first-order chi connectivity index (χ1) is 16.5. The summed E-state index contributed by atoms with van der Waals surface area (Å²) in [5.74, 6) is 1.05. The molecule has 1 fully saturated rings. The minimum Gasteiger partial charge on any atom is -0.460 e. The number of piperidine rings is 1. The number of carbonyl (C=O) groups is 1. The van der Waals surface area contributed by atoms with E-state index >= 15 is 0 Å². The van der Waals surface area contributed by atoms with Gasteiger partial charge in [0.05, 0.1) is 17.3 Å². The van der Waals surface area contributed by atoms with Crippen molar-refractivity contribution in [1.29, 1.82) is 0 Å². The zero-order chi connectivity index (χ0) is 23.7. The van der Waals surface area contributed by atoms with Crippen molar-refractivity contribution in [2.24, 2.45) is 0 Å². The third-order valence-electron chi connectivity index (χ3n) is 6.52. The van der Waals surface area contributed by atoms with E-state index in [0.29, 0.717) is 24.5 Å². The highest BCUT2D eigenvalue weighted by molar-refractivity contribution is 6.22. The number of rotatable bonds is 5. The lowest BCUT2D eigenvalue weighted by Crippen LogP contribution is -2.40. The van der Waals surface area contributed by atoms with Gasteiger partial charge in [0.2, 0.25) is 5.91 Å². The van der Waals surface area contributed by atoms with Crippen LogP contribution in [0.5, 0.6) is 0 Å². The molecule has 2 aromatic rings. The number of hydrogen-bond donors (Lipinski definition) is 0. The Labute approximate surface area is 202 Å². The SMILES string of the molecule is C=CC(=O)N1CCCC(n2nc(C3C=CC(OC4=CC=CC(F)C4Cl)=CC3)c3cnccc32)C1. The molecule has 0 N–H and O–H groups in total. The number of carbonyl (C=O) groups excluding carboxylic acids is 1. The quantitative estimate of drug-likeness (QED) is 0.440. The summed E-state index contributed by atoms with van der Waals surface area (Å²) in [5.41, 5.74) is 1.96. The van der Waals surface area contributed by atoms with Crippen LogP contribution in [0, 0.1) is 0 Å². The maximum absolute atomic E-state index is 13.8. The van der Waals surface area contributed by atoms with E-state index in [1.807, 2.05) is 29.3 Å². The molecule has 4 atom stereocenters. The first kappa shape index (κ1) is 22.6. The van der Waals surface area contributed by atoms with Gasteiger partial charge in [0.15, 0.2) is 0 Å². The second-order valence-corrected chi connectivity index (χ2v) is 9.19. The molecule has 0 saturated carbocycles. The van der Waals surface area contributed by atoms with Gasteiger partial charge in [0.25, 0.3) is 0 Å². The van der Waals surface area contributed by atoms with Crippen LogP contribution in [0.4, 0.5) is 4.39 Å². The molecule has 4 unspecified atom stereocenters. The number of amides is 1. The predicted molar refractivity (Wildman–Crippen MR) is 130 cm³/mol. The minimum absolute atomic E-state index is 0.0437. The summed E-state index contributed by atoms with van der Waals surface area (Å²) in [6.07, 6.45) is 17.0. The van der Waals surface area contributed by atoms with E-state index in [2.05, 4.69) is 22.3 Å². The molecule has 3 aliphatic rings. The average Bonchev–Trinajstić information content (AvgIpc) is 3.27. The van der Waals surface area contributed by atoms with Crippen molar-refractivity contribution in [3.8, 4) is 0 Å². The van der Waals surface area contributed by atoms with Gasteiger partial charge in [0, 0.05) is 36.8 Å². The van der Waals surface area contributed by atoms with Crippen LogP contribution >= 0.6 is 11.6 Å². The van der Waals surface area contributed by atoms with Crippen molar-refractivity contribution in [2.45, 2.75) is 42.8 Å². The molecule has 0 aromatic carbocycles. The van der Waals surface area contributed by atoms with Crippen LogP contribution in [0.1, 0.15) is 36.9 Å². The third-order valence-corrected chi connectivity index (χ3v) is 6.98. The maximum atomic E-state index is 13.8. The molecule has 8 heteroatoms. The number of hydrogen-bond acceptors (Lipinski definition) is 4. The first-order valence-corrected chi connectivity index (χ1v) is 11.9. The lowest BCUT2D eigenvalue weighted by atomic mass is 9.95. The molecule has 0 radical (unpaired) electrons. The molecular formula is C26H26ClFN4O2. The molecule has 0 bridgehead atoms. The predicted octanol–water partition coefficient (Wildman–Crippen LogP) is 5.12. The number of aromatic nitrogens is 3. The highest BCUT2D eigenvalue weighted by Crippen LogP contribution is 2.35. The number of halogens is 2. The molecule has 6 nitrogen and oxygen atoms in total. The van der Waals surface area contributed by atoms with Gasteiger partial charge >= 0.3 is 0 Å². The number of allylic oxidation sites excluding steroid dienone is 7. The van der Waals surface area contributed by atoms with E-state index in [4.69, 9.17) is 21.4 Å². The second kappa shape index (κ2) is 9.58. The van der Waals surface area contributed by atoms with Crippen LogP contribution < -0.4 is 0 Å². The Bertz CT molecular complexity index is 1230. The standard InChI is InChI=1S/C26H26ClFN4O2/c1-2-24(33)31-14-4-5-18(16-31)32-22-12-13-29-15-20(22)26(30-32)17-8-10-19(11-9-17)34-23-7-3-6-21(28)25(23)27/h2-3,6-8,10-13,15,17-18,21,25H,1,4-5,9,14,16H2. The van der Waals surface area contributed by atoms with E-state index in [1.54, 1.807) is 18.3 Å². The Morgan fingerprint density at radius 2 is 2.24 bits per heavy atom. The van der Waals surface area contributed by atoms with Crippen molar-refractivity contribution >= 4 is 28.4 Å². The number of pyridine rings is 1. The van der Waals surface area contributed by atoms with E-state index in [0.717, 1.165) is 36.0 Å². The van der Waals surface area contributed by atoms with Gasteiger partial charge in [-0.05, 0) is 55.7 Å². The van der Waals surface area contributed by atoms with Crippen molar-refractivity contribution in [2.75, 3.05) is 13.1 Å². The number of likely N-dealkylation sites (tertiary alicyclic amines) is 1. The number of ether oxygens (including phenoxy) is 1. The zero-order valence-corrected chi connectivity index (χ0v) is 19.4. The van der Waals surface area contributed by atoms with Crippen molar-refractivity contribution in [1.82, 2.24) is 19.7 Å².